The highest BCUT2D eigenvalue weighted by Gasteiger charge is 2.27. The van der Waals surface area contributed by atoms with E-state index in [4.69, 9.17) is 0 Å². The molecular formula is C15H31NS. The van der Waals surface area contributed by atoms with Crippen molar-refractivity contribution in [3.05, 3.63) is 0 Å². The van der Waals surface area contributed by atoms with Crippen LogP contribution in [0.2, 0.25) is 0 Å². The summed E-state index contributed by atoms with van der Waals surface area (Å²) in [6.07, 6.45) is 7.29. The van der Waals surface area contributed by atoms with Crippen LogP contribution in [-0.2, 0) is 0 Å². The van der Waals surface area contributed by atoms with E-state index in [1.165, 1.54) is 50.2 Å². The van der Waals surface area contributed by atoms with Gasteiger partial charge in [-0.25, -0.2) is 0 Å². The molecule has 1 aliphatic carbocycles. The number of thioether (sulfide) groups is 1. The third-order valence-electron chi connectivity index (χ3n) is 4.13. The van der Waals surface area contributed by atoms with Gasteiger partial charge in [0.2, 0.25) is 0 Å². The Balaban J connectivity index is 2.27. The molecule has 2 heteroatoms. The summed E-state index contributed by atoms with van der Waals surface area (Å²) in [6, 6.07) is 0. The van der Waals surface area contributed by atoms with Crippen LogP contribution in [0.15, 0.2) is 0 Å². The number of hydrogen-bond acceptors (Lipinski definition) is 2. The third kappa shape index (κ3) is 6.15. The van der Waals surface area contributed by atoms with Gasteiger partial charge in [-0.05, 0) is 68.0 Å². The second kappa shape index (κ2) is 9.27. The highest BCUT2D eigenvalue weighted by atomic mass is 32.2. The summed E-state index contributed by atoms with van der Waals surface area (Å²) in [5, 5.41) is 3.56. The normalized spacial score (nSPS) is 29.5. The number of nitrogens with one attached hydrogen (secondary N) is 1. The minimum absolute atomic E-state index is 0.956. The third-order valence-corrected chi connectivity index (χ3v) is 5.11. The van der Waals surface area contributed by atoms with Crippen molar-refractivity contribution in [1.82, 2.24) is 5.32 Å². The summed E-state index contributed by atoms with van der Waals surface area (Å²) >= 11 is 2.10. The van der Waals surface area contributed by atoms with Crippen molar-refractivity contribution in [2.24, 2.45) is 17.8 Å². The monoisotopic (exact) mass is 257 g/mol. The van der Waals surface area contributed by atoms with Crippen molar-refractivity contribution in [2.45, 2.75) is 52.9 Å². The van der Waals surface area contributed by atoms with Gasteiger partial charge in [0.1, 0.15) is 0 Å². The molecule has 1 nitrogen and oxygen atoms in total. The molecule has 1 saturated carbocycles. The van der Waals surface area contributed by atoms with Crippen LogP contribution in [0.1, 0.15) is 52.9 Å². The maximum Gasteiger partial charge on any atom is -0.00180 e. The molecule has 17 heavy (non-hydrogen) atoms. The first kappa shape index (κ1) is 15.4. The molecule has 1 N–H and O–H groups in total. The van der Waals surface area contributed by atoms with Crippen LogP contribution in [0.5, 0.6) is 0 Å². The molecule has 0 amide bonds. The van der Waals surface area contributed by atoms with Crippen LogP contribution in [0.4, 0.5) is 0 Å². The van der Waals surface area contributed by atoms with Crippen molar-refractivity contribution in [3.8, 4) is 0 Å². The zero-order valence-electron chi connectivity index (χ0n) is 12.0. The maximum atomic E-state index is 3.56. The van der Waals surface area contributed by atoms with Gasteiger partial charge in [0.25, 0.3) is 0 Å². The molecule has 0 aliphatic heterocycles. The average molecular weight is 257 g/mol. The molecule has 102 valence electrons. The van der Waals surface area contributed by atoms with Gasteiger partial charge in [0.05, 0.1) is 0 Å². The summed E-state index contributed by atoms with van der Waals surface area (Å²) in [6.45, 7) is 9.32. The molecule has 0 heterocycles. The van der Waals surface area contributed by atoms with E-state index in [1.54, 1.807) is 0 Å². The summed E-state index contributed by atoms with van der Waals surface area (Å²) < 4.78 is 0. The van der Waals surface area contributed by atoms with E-state index in [1.807, 2.05) is 0 Å². The van der Waals surface area contributed by atoms with Crippen molar-refractivity contribution >= 4 is 11.8 Å². The summed E-state index contributed by atoms with van der Waals surface area (Å²) in [5.74, 6) is 5.57. The number of hydrogen-bond donors (Lipinski definition) is 1. The number of rotatable bonds is 8. The predicted molar refractivity (Wildman–Crippen MR) is 80.8 cm³/mol. The Hall–Kier alpha value is 0.310. The van der Waals surface area contributed by atoms with Gasteiger partial charge in [-0.1, -0.05) is 27.2 Å². The Morgan fingerprint density at radius 3 is 2.71 bits per heavy atom. The van der Waals surface area contributed by atoms with E-state index in [-0.39, 0.29) is 0 Å². The maximum absolute atomic E-state index is 3.56. The van der Waals surface area contributed by atoms with Crippen LogP contribution in [0, 0.1) is 17.8 Å². The second-order valence-electron chi connectivity index (χ2n) is 5.59. The van der Waals surface area contributed by atoms with Crippen molar-refractivity contribution in [2.75, 3.05) is 24.6 Å². The summed E-state index contributed by atoms with van der Waals surface area (Å²) in [7, 11) is 0. The largest absolute Gasteiger partial charge is 0.317 e. The molecular weight excluding hydrogens is 226 g/mol. The van der Waals surface area contributed by atoms with Crippen molar-refractivity contribution < 1.29 is 0 Å². The summed E-state index contributed by atoms with van der Waals surface area (Å²) in [5.41, 5.74) is 0. The van der Waals surface area contributed by atoms with Gasteiger partial charge in [-0.3, -0.25) is 0 Å². The van der Waals surface area contributed by atoms with Crippen molar-refractivity contribution in [3.63, 3.8) is 0 Å². The van der Waals surface area contributed by atoms with Crippen molar-refractivity contribution in [1.29, 1.82) is 0 Å². The molecule has 0 saturated heterocycles. The molecule has 0 aromatic rings. The molecule has 0 aromatic heterocycles. The minimum atomic E-state index is 0.956. The Morgan fingerprint density at radius 1 is 1.18 bits per heavy atom. The van der Waals surface area contributed by atoms with Crippen LogP contribution in [0.25, 0.3) is 0 Å². The Morgan fingerprint density at radius 2 is 2.00 bits per heavy atom. The molecule has 0 radical (unpaired) electrons. The van der Waals surface area contributed by atoms with Gasteiger partial charge < -0.3 is 5.32 Å². The fraction of sp³-hybridized carbons (Fsp3) is 1.00. The first-order valence-electron chi connectivity index (χ1n) is 7.56. The zero-order chi connectivity index (χ0) is 12.5. The van der Waals surface area contributed by atoms with Gasteiger partial charge in [0, 0.05) is 0 Å². The lowest BCUT2D eigenvalue weighted by Crippen LogP contribution is -2.32. The first-order chi connectivity index (χ1) is 8.27. The SMILES string of the molecule is CCNCC1CCC(C)CC1CCCSCC. The predicted octanol–water partition coefficient (Wildman–Crippen LogP) is 4.18. The van der Waals surface area contributed by atoms with Gasteiger partial charge in [0.15, 0.2) is 0 Å². The highest BCUT2D eigenvalue weighted by Crippen LogP contribution is 2.36. The van der Waals surface area contributed by atoms with Crippen LogP contribution in [0.3, 0.4) is 0 Å². The van der Waals surface area contributed by atoms with E-state index in [0.29, 0.717) is 0 Å². The Labute approximate surface area is 113 Å². The molecule has 1 aliphatic rings. The van der Waals surface area contributed by atoms with Crippen LogP contribution >= 0.6 is 11.8 Å². The molecule has 1 rings (SSSR count). The lowest BCUT2D eigenvalue weighted by Gasteiger charge is -2.35. The standard InChI is InChI=1S/C15H31NS/c1-4-16-12-15-9-8-13(3)11-14(15)7-6-10-17-5-2/h13-16H,4-12H2,1-3H3. The molecule has 0 bridgehead atoms. The molecule has 1 fully saturated rings. The Bertz CT molecular complexity index is 182. The van der Waals surface area contributed by atoms with E-state index in [2.05, 4.69) is 37.8 Å². The highest BCUT2D eigenvalue weighted by molar-refractivity contribution is 7.99. The van der Waals surface area contributed by atoms with Gasteiger partial charge in [-0.15, -0.1) is 0 Å². The second-order valence-corrected chi connectivity index (χ2v) is 6.98. The fourth-order valence-electron chi connectivity index (χ4n) is 3.11. The lowest BCUT2D eigenvalue weighted by molar-refractivity contribution is 0.175. The van der Waals surface area contributed by atoms with E-state index < -0.39 is 0 Å². The molecule has 0 spiro atoms. The Kier molecular flexibility index (Phi) is 8.38. The average Bonchev–Trinajstić information content (AvgIpc) is 2.33. The van der Waals surface area contributed by atoms with Crippen LogP contribution < -0.4 is 5.32 Å². The van der Waals surface area contributed by atoms with Gasteiger partial charge in [-0.2, -0.15) is 11.8 Å². The van der Waals surface area contributed by atoms with Crippen LogP contribution in [-0.4, -0.2) is 24.6 Å². The topological polar surface area (TPSA) is 12.0 Å². The minimum Gasteiger partial charge on any atom is -0.317 e. The smallest absolute Gasteiger partial charge is 0.00180 e. The molecule has 0 aromatic carbocycles. The van der Waals surface area contributed by atoms with E-state index in [9.17, 15) is 0 Å². The molecule has 3 atom stereocenters. The quantitative estimate of drug-likeness (QED) is 0.655. The molecule has 3 unspecified atom stereocenters. The van der Waals surface area contributed by atoms with E-state index in [0.717, 1.165) is 24.3 Å². The lowest BCUT2D eigenvalue weighted by atomic mass is 9.73. The summed E-state index contributed by atoms with van der Waals surface area (Å²) in [4.78, 5) is 0. The van der Waals surface area contributed by atoms with Gasteiger partial charge >= 0.3 is 0 Å². The first-order valence-corrected chi connectivity index (χ1v) is 8.71. The van der Waals surface area contributed by atoms with E-state index >= 15 is 0 Å². The fourth-order valence-corrected chi connectivity index (χ4v) is 3.76. The zero-order valence-corrected chi connectivity index (χ0v) is 12.8.